The molecule has 0 radical (unpaired) electrons. The maximum Gasteiger partial charge on any atom is 0.130 e. The number of hydrogen-bond donors (Lipinski definition) is 0. The van der Waals surface area contributed by atoms with Crippen LogP contribution in [0.1, 0.15) is 87.2 Å². The van der Waals surface area contributed by atoms with E-state index < -0.39 is 0 Å². The van der Waals surface area contributed by atoms with Crippen LogP contribution in [0, 0.1) is 5.41 Å². The number of thioether (sulfide) groups is 1. The molecule has 212 valence electrons. The summed E-state index contributed by atoms with van der Waals surface area (Å²) in [7, 11) is 0. The number of ketones is 1. The molecule has 1 aliphatic rings. The molecule has 0 amide bonds. The molecular weight excluding hydrogens is 542 g/mol. The van der Waals surface area contributed by atoms with Gasteiger partial charge >= 0.3 is 0 Å². The van der Waals surface area contributed by atoms with Crippen LogP contribution in [0.25, 0.3) is 23.1 Å². The predicted molar refractivity (Wildman–Crippen MR) is 178 cm³/mol. The van der Waals surface area contributed by atoms with Crippen molar-refractivity contribution in [3.8, 4) is 0 Å². The normalized spacial score (nSPS) is 15.9. The third-order valence-electron chi connectivity index (χ3n) is 8.45. The number of aryl methyl sites for hydroxylation is 1. The van der Waals surface area contributed by atoms with E-state index >= 15 is 0 Å². The molecule has 0 aliphatic heterocycles. The van der Waals surface area contributed by atoms with Gasteiger partial charge < -0.3 is 4.79 Å². The van der Waals surface area contributed by atoms with Crippen molar-refractivity contribution in [2.75, 3.05) is 5.75 Å². The van der Waals surface area contributed by atoms with Crippen LogP contribution in [0.15, 0.2) is 78.9 Å². The third-order valence-corrected chi connectivity index (χ3v) is 10.5. The number of fused-ring (bicyclic) bond motifs is 1. The van der Waals surface area contributed by atoms with E-state index in [9.17, 15) is 4.79 Å². The van der Waals surface area contributed by atoms with Crippen molar-refractivity contribution < 1.29 is 4.79 Å². The number of nitrogens with zero attached hydrogens (tertiary/aromatic N) is 1. The molecule has 0 spiro atoms. The van der Waals surface area contributed by atoms with Crippen LogP contribution >= 0.6 is 23.4 Å². The molecule has 1 atom stereocenters. The van der Waals surface area contributed by atoms with E-state index in [1.54, 1.807) is 6.92 Å². The second kappa shape index (κ2) is 12.5. The standard InChI is InChI=1S/C37H40ClNOS/c1-26(2)34-11-6-5-9-29(34)18-19-36(4,41-25-37(20-21-37)24-27(3)40)31-10-7-8-28(22-31)12-16-33-17-14-30-13-15-32(38)23-35(30)39-33/h5-17,22-23,26H,18-21,24-25H2,1-4H3/b16-12+/t36-/m1/s1. The van der Waals surface area contributed by atoms with Gasteiger partial charge in [-0.05, 0) is 97.4 Å². The zero-order valence-electron chi connectivity index (χ0n) is 24.6. The van der Waals surface area contributed by atoms with Crippen molar-refractivity contribution in [1.29, 1.82) is 0 Å². The number of rotatable bonds is 12. The average Bonchev–Trinajstić information content (AvgIpc) is 3.72. The number of carbonyl (C=O) groups is 1. The highest BCUT2D eigenvalue weighted by atomic mass is 35.5. The summed E-state index contributed by atoms with van der Waals surface area (Å²) in [5.41, 5.74) is 7.38. The highest BCUT2D eigenvalue weighted by Gasteiger charge is 2.45. The zero-order valence-corrected chi connectivity index (χ0v) is 26.2. The van der Waals surface area contributed by atoms with Crippen LogP contribution in [0.2, 0.25) is 5.02 Å². The molecule has 0 saturated heterocycles. The van der Waals surface area contributed by atoms with Crippen LogP contribution in [0.3, 0.4) is 0 Å². The average molecular weight is 582 g/mol. The van der Waals surface area contributed by atoms with E-state index in [0.717, 1.165) is 40.8 Å². The fourth-order valence-corrected chi connectivity index (χ4v) is 7.46. The summed E-state index contributed by atoms with van der Waals surface area (Å²) >= 11 is 8.25. The van der Waals surface area contributed by atoms with Crippen LogP contribution < -0.4 is 0 Å². The maximum absolute atomic E-state index is 12.0. The molecule has 1 heterocycles. The van der Waals surface area contributed by atoms with Crippen LogP contribution in [-0.4, -0.2) is 16.5 Å². The minimum atomic E-state index is -0.0712. The maximum atomic E-state index is 12.0. The topological polar surface area (TPSA) is 30.0 Å². The van der Waals surface area contributed by atoms with Gasteiger partial charge in [-0.25, -0.2) is 4.98 Å². The Kier molecular flexibility index (Phi) is 9.06. The molecule has 1 aromatic heterocycles. The minimum Gasteiger partial charge on any atom is -0.300 e. The van der Waals surface area contributed by atoms with Gasteiger partial charge in [-0.2, -0.15) is 11.8 Å². The molecular formula is C37H40ClNOS. The molecule has 1 fully saturated rings. The summed E-state index contributed by atoms with van der Waals surface area (Å²) in [4.78, 5) is 16.8. The van der Waals surface area contributed by atoms with Gasteiger partial charge in [0.05, 0.1) is 11.2 Å². The highest BCUT2D eigenvalue weighted by molar-refractivity contribution is 8.00. The molecule has 1 saturated carbocycles. The number of hydrogen-bond acceptors (Lipinski definition) is 3. The first kappa shape index (κ1) is 29.6. The van der Waals surface area contributed by atoms with Gasteiger partial charge in [-0.3, -0.25) is 0 Å². The fraction of sp³-hybridized carbons (Fsp3) is 0.351. The van der Waals surface area contributed by atoms with Gasteiger partial charge in [0.15, 0.2) is 0 Å². The number of Topliss-reactive ketones (excluding diaryl/α,β-unsaturated/α-hetero) is 1. The van der Waals surface area contributed by atoms with E-state index in [-0.39, 0.29) is 10.2 Å². The van der Waals surface area contributed by atoms with Crippen molar-refractivity contribution in [1.82, 2.24) is 4.98 Å². The molecule has 4 heteroatoms. The van der Waals surface area contributed by atoms with Gasteiger partial charge in [-0.1, -0.05) is 92.2 Å². The quantitative estimate of drug-likeness (QED) is 0.167. The largest absolute Gasteiger partial charge is 0.300 e. The van der Waals surface area contributed by atoms with Gasteiger partial charge in [0, 0.05) is 27.3 Å². The summed E-state index contributed by atoms with van der Waals surface area (Å²) in [6.07, 6.45) is 9.34. The van der Waals surface area contributed by atoms with Crippen molar-refractivity contribution in [3.63, 3.8) is 0 Å². The molecule has 5 rings (SSSR count). The van der Waals surface area contributed by atoms with Crippen LogP contribution in [0.5, 0.6) is 0 Å². The van der Waals surface area contributed by atoms with Crippen molar-refractivity contribution in [2.45, 2.75) is 70.5 Å². The Morgan fingerprint density at radius 1 is 1.02 bits per heavy atom. The smallest absolute Gasteiger partial charge is 0.130 e. The van der Waals surface area contributed by atoms with Crippen molar-refractivity contribution in [3.05, 3.63) is 112 Å². The van der Waals surface area contributed by atoms with Gasteiger partial charge in [0.2, 0.25) is 0 Å². The third kappa shape index (κ3) is 7.50. The molecule has 3 aromatic carbocycles. The molecule has 0 bridgehead atoms. The van der Waals surface area contributed by atoms with E-state index in [4.69, 9.17) is 16.6 Å². The molecule has 41 heavy (non-hydrogen) atoms. The van der Waals surface area contributed by atoms with E-state index in [1.807, 2.05) is 36.0 Å². The number of benzene rings is 3. The fourth-order valence-electron chi connectivity index (χ4n) is 5.74. The monoisotopic (exact) mass is 581 g/mol. The first-order valence-electron chi connectivity index (χ1n) is 14.7. The summed E-state index contributed by atoms with van der Waals surface area (Å²) in [6, 6.07) is 27.8. The summed E-state index contributed by atoms with van der Waals surface area (Å²) < 4.78 is -0.0712. The molecule has 0 unspecified atom stereocenters. The van der Waals surface area contributed by atoms with Gasteiger partial charge in [0.25, 0.3) is 0 Å². The van der Waals surface area contributed by atoms with Crippen LogP contribution in [0.4, 0.5) is 0 Å². The predicted octanol–water partition coefficient (Wildman–Crippen LogP) is 10.5. The van der Waals surface area contributed by atoms with Gasteiger partial charge in [-0.15, -0.1) is 0 Å². The Hall–Kier alpha value is -2.88. The lowest BCUT2D eigenvalue weighted by atomic mass is 9.88. The Balaban J connectivity index is 1.40. The van der Waals surface area contributed by atoms with Crippen molar-refractivity contribution >= 4 is 52.2 Å². The summed E-state index contributed by atoms with van der Waals surface area (Å²) in [5, 5.41) is 1.78. The number of halogens is 1. The minimum absolute atomic E-state index is 0.0712. The molecule has 2 nitrogen and oxygen atoms in total. The molecule has 4 aromatic rings. The summed E-state index contributed by atoms with van der Waals surface area (Å²) in [6.45, 7) is 8.69. The van der Waals surface area contributed by atoms with E-state index in [0.29, 0.717) is 23.1 Å². The second-order valence-electron chi connectivity index (χ2n) is 12.3. The zero-order chi connectivity index (χ0) is 29.0. The first-order valence-corrected chi connectivity index (χ1v) is 16.1. The lowest BCUT2D eigenvalue weighted by Crippen LogP contribution is -2.22. The van der Waals surface area contributed by atoms with E-state index in [1.165, 1.54) is 29.5 Å². The number of pyridine rings is 1. The molecule has 1 aliphatic carbocycles. The summed E-state index contributed by atoms with van der Waals surface area (Å²) in [5.74, 6) is 1.84. The van der Waals surface area contributed by atoms with Crippen molar-refractivity contribution in [2.24, 2.45) is 5.41 Å². The number of carbonyl (C=O) groups excluding carboxylic acids is 1. The van der Waals surface area contributed by atoms with Gasteiger partial charge in [0.1, 0.15) is 5.78 Å². The lowest BCUT2D eigenvalue weighted by molar-refractivity contribution is -0.117. The Morgan fingerprint density at radius 3 is 2.56 bits per heavy atom. The Labute approximate surface area is 254 Å². The molecule has 0 N–H and O–H groups in total. The SMILES string of the molecule is CC(=O)CC1(CS[C@](C)(CCc2ccccc2C(C)C)c2cccc(/C=C/c3ccc4ccc(Cl)cc4n3)c2)CC1. The first-order chi connectivity index (χ1) is 19.6. The second-order valence-corrected chi connectivity index (χ2v) is 14.2. The highest BCUT2D eigenvalue weighted by Crippen LogP contribution is 2.55. The lowest BCUT2D eigenvalue weighted by Gasteiger charge is -2.32. The Bertz CT molecular complexity index is 1570. The number of aromatic nitrogens is 1. The van der Waals surface area contributed by atoms with Crippen LogP contribution in [-0.2, 0) is 16.0 Å². The van der Waals surface area contributed by atoms with E-state index in [2.05, 4.69) is 87.5 Å². The Morgan fingerprint density at radius 2 is 1.80 bits per heavy atom.